The van der Waals surface area contributed by atoms with Gasteiger partial charge in [0.15, 0.2) is 4.34 Å². The van der Waals surface area contributed by atoms with Gasteiger partial charge in [-0.15, -0.1) is 0 Å². The molecular formula is C10H10FN3S2. The minimum atomic E-state index is -0.336. The zero-order chi connectivity index (χ0) is 11.5. The van der Waals surface area contributed by atoms with E-state index in [1.54, 1.807) is 13.0 Å². The molecule has 0 aliphatic heterocycles. The van der Waals surface area contributed by atoms with Crippen molar-refractivity contribution in [1.82, 2.24) is 9.36 Å². The van der Waals surface area contributed by atoms with Crippen molar-refractivity contribution in [3.05, 3.63) is 35.9 Å². The van der Waals surface area contributed by atoms with E-state index in [2.05, 4.69) is 9.36 Å². The third kappa shape index (κ3) is 2.40. The molecule has 1 aromatic heterocycles. The number of nitrogens with zero attached hydrogens (tertiary/aromatic N) is 2. The largest absolute Gasteiger partial charge is 0.324 e. The van der Waals surface area contributed by atoms with Crippen molar-refractivity contribution in [3.63, 3.8) is 0 Å². The molecule has 0 aliphatic rings. The molecule has 2 N–H and O–H groups in total. The number of aromatic nitrogens is 2. The fourth-order valence-corrected chi connectivity index (χ4v) is 3.00. The molecule has 2 rings (SSSR count). The zero-order valence-corrected chi connectivity index (χ0v) is 10.2. The summed E-state index contributed by atoms with van der Waals surface area (Å²) in [5.74, 6) is -0.274. The fourth-order valence-electron chi connectivity index (χ4n) is 1.35. The van der Waals surface area contributed by atoms with E-state index in [0.717, 1.165) is 9.24 Å². The molecule has 0 radical (unpaired) electrons. The number of rotatable bonds is 3. The quantitative estimate of drug-likeness (QED) is 0.916. The van der Waals surface area contributed by atoms with Crippen molar-refractivity contribution in [2.75, 3.05) is 0 Å². The van der Waals surface area contributed by atoms with Gasteiger partial charge >= 0.3 is 0 Å². The van der Waals surface area contributed by atoms with Gasteiger partial charge in [-0.1, -0.05) is 17.8 Å². The molecule has 2 aromatic rings. The molecule has 3 nitrogen and oxygen atoms in total. The van der Waals surface area contributed by atoms with Gasteiger partial charge in [0, 0.05) is 16.5 Å². The van der Waals surface area contributed by atoms with E-state index in [-0.39, 0.29) is 11.9 Å². The highest BCUT2D eigenvalue weighted by Crippen LogP contribution is 2.34. The smallest absolute Gasteiger partial charge is 0.174 e. The van der Waals surface area contributed by atoms with Crippen molar-refractivity contribution in [2.24, 2.45) is 5.73 Å². The summed E-state index contributed by atoms with van der Waals surface area (Å²) in [6, 6.07) is 4.60. The summed E-state index contributed by atoms with van der Waals surface area (Å²) in [4.78, 5) is 4.85. The molecular weight excluding hydrogens is 245 g/mol. The number of benzene rings is 1. The molecule has 84 valence electrons. The van der Waals surface area contributed by atoms with Crippen LogP contribution in [-0.2, 0) is 0 Å². The van der Waals surface area contributed by atoms with Gasteiger partial charge in [0.05, 0.1) is 0 Å². The van der Waals surface area contributed by atoms with Crippen molar-refractivity contribution in [3.8, 4) is 0 Å². The first kappa shape index (κ1) is 11.5. The molecule has 1 aromatic carbocycles. The van der Waals surface area contributed by atoms with Gasteiger partial charge in [0.25, 0.3) is 0 Å². The van der Waals surface area contributed by atoms with Crippen LogP contribution in [0.5, 0.6) is 0 Å². The summed E-state index contributed by atoms with van der Waals surface area (Å²) in [5.41, 5.74) is 6.29. The van der Waals surface area contributed by atoms with Gasteiger partial charge in [-0.3, -0.25) is 0 Å². The standard InChI is InChI=1S/C10H10FN3S2/c1-6(12)9-7(11)3-2-4-8(9)15-10-13-5-14-16-10/h2-6H,12H2,1H3/t6-/m1/s1. The number of hydrogen-bond donors (Lipinski definition) is 1. The Morgan fingerprint density at radius 3 is 2.94 bits per heavy atom. The van der Waals surface area contributed by atoms with Gasteiger partial charge in [-0.2, -0.15) is 4.37 Å². The van der Waals surface area contributed by atoms with E-state index in [1.165, 1.54) is 35.7 Å². The van der Waals surface area contributed by atoms with Crippen LogP contribution in [0.25, 0.3) is 0 Å². The van der Waals surface area contributed by atoms with Crippen molar-refractivity contribution in [2.45, 2.75) is 22.2 Å². The lowest BCUT2D eigenvalue weighted by atomic mass is 10.1. The Labute approximate surface area is 101 Å². The van der Waals surface area contributed by atoms with Gasteiger partial charge in [-0.25, -0.2) is 9.37 Å². The lowest BCUT2D eigenvalue weighted by Gasteiger charge is -2.11. The molecule has 0 bridgehead atoms. The van der Waals surface area contributed by atoms with Crippen molar-refractivity contribution >= 4 is 23.3 Å². The van der Waals surface area contributed by atoms with Crippen LogP contribution in [-0.4, -0.2) is 9.36 Å². The molecule has 0 saturated heterocycles. The summed E-state index contributed by atoms with van der Waals surface area (Å²) in [7, 11) is 0. The van der Waals surface area contributed by atoms with Gasteiger partial charge in [0.2, 0.25) is 0 Å². The molecule has 0 amide bonds. The van der Waals surface area contributed by atoms with E-state index in [1.807, 2.05) is 6.07 Å². The summed E-state index contributed by atoms with van der Waals surface area (Å²) in [6.07, 6.45) is 1.48. The molecule has 1 atom stereocenters. The van der Waals surface area contributed by atoms with Crippen LogP contribution in [0.15, 0.2) is 33.8 Å². The van der Waals surface area contributed by atoms with Crippen LogP contribution in [0.4, 0.5) is 4.39 Å². The van der Waals surface area contributed by atoms with Crippen LogP contribution in [0.2, 0.25) is 0 Å². The topological polar surface area (TPSA) is 51.8 Å². The summed E-state index contributed by atoms with van der Waals surface area (Å²) >= 11 is 2.67. The van der Waals surface area contributed by atoms with E-state index in [0.29, 0.717) is 5.56 Å². The summed E-state index contributed by atoms with van der Waals surface area (Å²) in [6.45, 7) is 1.77. The normalized spacial score (nSPS) is 12.7. The zero-order valence-electron chi connectivity index (χ0n) is 8.55. The number of halogens is 1. The minimum Gasteiger partial charge on any atom is -0.324 e. The maximum Gasteiger partial charge on any atom is 0.174 e. The molecule has 0 aliphatic carbocycles. The third-order valence-corrected chi connectivity index (χ3v) is 3.80. The highest BCUT2D eigenvalue weighted by atomic mass is 32.2. The Balaban J connectivity index is 2.37. The maximum atomic E-state index is 13.6. The van der Waals surface area contributed by atoms with E-state index < -0.39 is 0 Å². The molecule has 1 heterocycles. The van der Waals surface area contributed by atoms with Crippen LogP contribution in [0.3, 0.4) is 0 Å². The third-order valence-electron chi connectivity index (χ3n) is 2.01. The molecule has 0 unspecified atom stereocenters. The van der Waals surface area contributed by atoms with E-state index >= 15 is 0 Å². The van der Waals surface area contributed by atoms with E-state index in [9.17, 15) is 4.39 Å². The average Bonchev–Trinajstić information content (AvgIpc) is 2.70. The molecule has 0 spiro atoms. The van der Waals surface area contributed by atoms with Crippen molar-refractivity contribution in [1.29, 1.82) is 0 Å². The lowest BCUT2D eigenvalue weighted by molar-refractivity contribution is 0.585. The Hall–Kier alpha value is -0.980. The van der Waals surface area contributed by atoms with Crippen LogP contribution in [0, 0.1) is 5.82 Å². The predicted octanol–water partition coefficient (Wildman–Crippen LogP) is 2.85. The monoisotopic (exact) mass is 255 g/mol. The first-order valence-electron chi connectivity index (χ1n) is 4.67. The molecule has 0 saturated carbocycles. The Morgan fingerprint density at radius 2 is 2.31 bits per heavy atom. The average molecular weight is 255 g/mol. The first-order chi connectivity index (χ1) is 7.68. The Bertz CT molecular complexity index is 471. The summed E-state index contributed by atoms with van der Waals surface area (Å²) in [5, 5.41) is 0. The van der Waals surface area contributed by atoms with Gasteiger partial charge in [0.1, 0.15) is 12.1 Å². The fraction of sp³-hybridized carbons (Fsp3) is 0.200. The predicted molar refractivity (Wildman–Crippen MR) is 63.0 cm³/mol. The van der Waals surface area contributed by atoms with Crippen LogP contribution >= 0.6 is 23.3 Å². The minimum absolute atomic E-state index is 0.274. The highest BCUT2D eigenvalue weighted by molar-refractivity contribution is 8.01. The first-order valence-corrected chi connectivity index (χ1v) is 6.26. The van der Waals surface area contributed by atoms with Gasteiger partial charge < -0.3 is 5.73 Å². The summed E-state index contributed by atoms with van der Waals surface area (Å²) < 4.78 is 18.3. The molecule has 6 heteroatoms. The van der Waals surface area contributed by atoms with E-state index in [4.69, 9.17) is 5.73 Å². The van der Waals surface area contributed by atoms with Gasteiger partial charge in [-0.05, 0) is 30.6 Å². The molecule has 16 heavy (non-hydrogen) atoms. The maximum absolute atomic E-state index is 13.6. The second-order valence-corrected chi connectivity index (χ2v) is 5.32. The Kier molecular flexibility index (Phi) is 3.52. The second-order valence-electron chi connectivity index (χ2n) is 3.25. The van der Waals surface area contributed by atoms with Crippen LogP contribution < -0.4 is 5.73 Å². The highest BCUT2D eigenvalue weighted by Gasteiger charge is 2.14. The lowest BCUT2D eigenvalue weighted by Crippen LogP contribution is -2.08. The van der Waals surface area contributed by atoms with Crippen molar-refractivity contribution < 1.29 is 4.39 Å². The SMILES string of the molecule is C[C@@H](N)c1c(F)cccc1Sc1ncns1. The number of nitrogens with two attached hydrogens (primary N) is 1. The Morgan fingerprint density at radius 1 is 1.50 bits per heavy atom. The second kappa shape index (κ2) is 4.90. The molecule has 0 fully saturated rings. The van der Waals surface area contributed by atoms with Crippen LogP contribution in [0.1, 0.15) is 18.5 Å². The number of hydrogen-bond acceptors (Lipinski definition) is 5.